The molecule has 1 unspecified atom stereocenters. The van der Waals surface area contributed by atoms with Gasteiger partial charge in [0.2, 0.25) is 0 Å². The van der Waals surface area contributed by atoms with E-state index in [0.29, 0.717) is 19.2 Å². The van der Waals surface area contributed by atoms with Crippen LogP contribution in [0.3, 0.4) is 0 Å². The van der Waals surface area contributed by atoms with E-state index in [0.717, 1.165) is 17.2 Å². The molecular formula is C16H15F3N2. The average molecular weight is 292 g/mol. The second kappa shape index (κ2) is 5.50. The molecule has 110 valence electrons. The quantitative estimate of drug-likeness (QED) is 0.881. The fourth-order valence-corrected chi connectivity index (χ4v) is 2.85. The van der Waals surface area contributed by atoms with E-state index in [9.17, 15) is 13.2 Å². The van der Waals surface area contributed by atoms with Crippen LogP contribution in [0.15, 0.2) is 36.4 Å². The van der Waals surface area contributed by atoms with Crippen molar-refractivity contribution in [1.82, 2.24) is 4.90 Å². The molecule has 1 aliphatic rings. The Morgan fingerprint density at radius 1 is 0.952 bits per heavy atom. The summed E-state index contributed by atoms with van der Waals surface area (Å²) in [5.74, 6) is -3.00. The fourth-order valence-electron chi connectivity index (χ4n) is 2.85. The molecule has 5 heteroatoms. The van der Waals surface area contributed by atoms with Crippen molar-refractivity contribution in [2.45, 2.75) is 19.1 Å². The maximum Gasteiger partial charge on any atom is 0.161 e. The van der Waals surface area contributed by atoms with Crippen LogP contribution in [0.2, 0.25) is 0 Å². The molecule has 1 aliphatic heterocycles. The van der Waals surface area contributed by atoms with E-state index in [-0.39, 0.29) is 12.1 Å². The molecular weight excluding hydrogens is 277 g/mol. The van der Waals surface area contributed by atoms with Gasteiger partial charge in [-0.15, -0.1) is 0 Å². The van der Waals surface area contributed by atoms with Crippen molar-refractivity contribution in [1.29, 1.82) is 0 Å². The number of hydrogen-bond donors (Lipinski definition) is 1. The first kappa shape index (κ1) is 14.1. The minimum absolute atomic E-state index is 0.101. The average Bonchev–Trinajstić information content (AvgIpc) is 2.88. The highest BCUT2D eigenvalue weighted by molar-refractivity contribution is 5.32. The highest BCUT2D eigenvalue weighted by atomic mass is 19.2. The molecule has 2 aromatic carbocycles. The SMILES string of the molecule is NCC(c1cc(F)c(F)cc1F)N1Cc2ccccc2C1. The Labute approximate surface area is 121 Å². The lowest BCUT2D eigenvalue weighted by Gasteiger charge is -2.27. The molecule has 0 fully saturated rings. The van der Waals surface area contributed by atoms with Gasteiger partial charge in [-0.25, -0.2) is 13.2 Å². The molecule has 0 aromatic heterocycles. The molecule has 21 heavy (non-hydrogen) atoms. The Bertz CT molecular complexity index is 648. The van der Waals surface area contributed by atoms with Gasteiger partial charge < -0.3 is 5.73 Å². The zero-order chi connectivity index (χ0) is 15.0. The second-order valence-electron chi connectivity index (χ2n) is 5.21. The van der Waals surface area contributed by atoms with Gasteiger partial charge in [0, 0.05) is 31.3 Å². The molecule has 0 spiro atoms. The first-order valence-electron chi connectivity index (χ1n) is 6.75. The van der Waals surface area contributed by atoms with Gasteiger partial charge in [-0.1, -0.05) is 24.3 Å². The van der Waals surface area contributed by atoms with Crippen molar-refractivity contribution in [3.05, 3.63) is 70.5 Å². The lowest BCUT2D eigenvalue weighted by Crippen LogP contribution is -2.30. The molecule has 0 aliphatic carbocycles. The summed E-state index contributed by atoms with van der Waals surface area (Å²) in [6.07, 6.45) is 0. The van der Waals surface area contributed by atoms with Crippen LogP contribution in [0.4, 0.5) is 13.2 Å². The molecule has 3 rings (SSSR count). The number of rotatable bonds is 3. The van der Waals surface area contributed by atoms with E-state index in [1.807, 2.05) is 29.2 Å². The topological polar surface area (TPSA) is 29.3 Å². The molecule has 1 heterocycles. The van der Waals surface area contributed by atoms with Gasteiger partial charge in [-0.3, -0.25) is 4.90 Å². The molecule has 2 nitrogen and oxygen atoms in total. The fraction of sp³-hybridized carbons (Fsp3) is 0.250. The number of hydrogen-bond acceptors (Lipinski definition) is 2. The highest BCUT2D eigenvalue weighted by Crippen LogP contribution is 2.32. The second-order valence-corrected chi connectivity index (χ2v) is 5.21. The lowest BCUT2D eigenvalue weighted by atomic mass is 10.0. The van der Waals surface area contributed by atoms with Crippen molar-refractivity contribution in [3.63, 3.8) is 0 Å². The Hall–Kier alpha value is -1.85. The number of fused-ring (bicyclic) bond motifs is 1. The van der Waals surface area contributed by atoms with Gasteiger partial charge in [0.05, 0.1) is 6.04 Å². The standard InChI is InChI=1S/C16H15F3N2/c17-13-6-15(19)14(18)5-12(13)16(7-20)21-8-10-3-1-2-4-11(10)9-21/h1-6,16H,7-9,20H2. The largest absolute Gasteiger partial charge is 0.329 e. The minimum Gasteiger partial charge on any atom is -0.329 e. The zero-order valence-corrected chi connectivity index (χ0v) is 11.3. The molecule has 0 saturated heterocycles. The van der Waals surface area contributed by atoms with Crippen molar-refractivity contribution in [3.8, 4) is 0 Å². The molecule has 0 bridgehead atoms. The Balaban J connectivity index is 1.92. The third-order valence-electron chi connectivity index (χ3n) is 3.93. The highest BCUT2D eigenvalue weighted by Gasteiger charge is 2.28. The van der Waals surface area contributed by atoms with E-state index in [4.69, 9.17) is 5.73 Å². The van der Waals surface area contributed by atoms with Gasteiger partial charge in [0.25, 0.3) is 0 Å². The molecule has 0 saturated carbocycles. The molecule has 0 amide bonds. The van der Waals surface area contributed by atoms with Crippen molar-refractivity contribution in [2.24, 2.45) is 5.73 Å². The van der Waals surface area contributed by atoms with E-state index >= 15 is 0 Å². The summed E-state index contributed by atoms with van der Waals surface area (Å²) >= 11 is 0. The van der Waals surface area contributed by atoms with Gasteiger partial charge in [-0.05, 0) is 17.2 Å². The van der Waals surface area contributed by atoms with E-state index < -0.39 is 23.5 Å². The van der Waals surface area contributed by atoms with Crippen molar-refractivity contribution in [2.75, 3.05) is 6.54 Å². The third kappa shape index (κ3) is 2.54. The van der Waals surface area contributed by atoms with Crippen molar-refractivity contribution >= 4 is 0 Å². The summed E-state index contributed by atoms with van der Waals surface area (Å²) < 4.78 is 40.4. The Morgan fingerprint density at radius 3 is 2.10 bits per heavy atom. The van der Waals surface area contributed by atoms with Gasteiger partial charge >= 0.3 is 0 Å². The van der Waals surface area contributed by atoms with E-state index in [2.05, 4.69) is 0 Å². The van der Waals surface area contributed by atoms with Crippen LogP contribution in [0.1, 0.15) is 22.7 Å². The summed E-state index contributed by atoms with van der Waals surface area (Å²) in [5, 5.41) is 0. The van der Waals surface area contributed by atoms with Crippen LogP contribution in [0.5, 0.6) is 0 Å². The minimum atomic E-state index is -1.18. The van der Waals surface area contributed by atoms with Crippen LogP contribution < -0.4 is 5.73 Å². The van der Waals surface area contributed by atoms with E-state index in [1.54, 1.807) is 0 Å². The zero-order valence-electron chi connectivity index (χ0n) is 11.3. The maximum absolute atomic E-state index is 14.0. The Morgan fingerprint density at radius 2 is 1.52 bits per heavy atom. The lowest BCUT2D eigenvalue weighted by molar-refractivity contribution is 0.200. The smallest absolute Gasteiger partial charge is 0.161 e. The molecule has 1 atom stereocenters. The van der Waals surface area contributed by atoms with Crippen LogP contribution in [0, 0.1) is 17.5 Å². The van der Waals surface area contributed by atoms with Crippen LogP contribution in [-0.4, -0.2) is 11.4 Å². The number of halogens is 3. The summed E-state index contributed by atoms with van der Waals surface area (Å²) in [7, 11) is 0. The predicted octanol–water partition coefficient (Wildman–Crippen LogP) is 3.12. The Kier molecular flexibility index (Phi) is 3.69. The van der Waals surface area contributed by atoms with Crippen LogP contribution >= 0.6 is 0 Å². The van der Waals surface area contributed by atoms with E-state index in [1.165, 1.54) is 0 Å². The van der Waals surface area contributed by atoms with Crippen molar-refractivity contribution < 1.29 is 13.2 Å². The van der Waals surface area contributed by atoms with Crippen LogP contribution in [0.25, 0.3) is 0 Å². The summed E-state index contributed by atoms with van der Waals surface area (Å²) in [4.78, 5) is 1.97. The number of nitrogens with zero attached hydrogens (tertiary/aromatic N) is 1. The number of nitrogens with two attached hydrogens (primary N) is 1. The predicted molar refractivity (Wildman–Crippen MR) is 73.8 cm³/mol. The summed E-state index contributed by atoms with van der Waals surface area (Å²) in [5.41, 5.74) is 8.16. The molecule has 2 aromatic rings. The third-order valence-corrected chi connectivity index (χ3v) is 3.93. The summed E-state index contributed by atoms with van der Waals surface area (Å²) in [6.45, 7) is 1.38. The maximum atomic E-state index is 14.0. The van der Waals surface area contributed by atoms with Crippen LogP contribution in [-0.2, 0) is 13.1 Å². The van der Waals surface area contributed by atoms with Gasteiger partial charge in [-0.2, -0.15) is 0 Å². The first-order valence-corrected chi connectivity index (χ1v) is 6.75. The molecule has 2 N–H and O–H groups in total. The normalized spacial score (nSPS) is 16.0. The molecule has 0 radical (unpaired) electrons. The van der Waals surface area contributed by atoms with Gasteiger partial charge in [0.15, 0.2) is 11.6 Å². The summed E-state index contributed by atoms with van der Waals surface area (Å²) in [6, 6.07) is 8.90. The first-order chi connectivity index (χ1) is 10.1. The van der Waals surface area contributed by atoms with Gasteiger partial charge in [0.1, 0.15) is 5.82 Å². The number of benzene rings is 2. The monoisotopic (exact) mass is 292 g/mol.